The normalized spacial score (nSPS) is 11.0. The predicted molar refractivity (Wildman–Crippen MR) is 120 cm³/mol. The van der Waals surface area contributed by atoms with Crippen molar-refractivity contribution in [2.45, 2.75) is 44.9 Å². The summed E-state index contributed by atoms with van der Waals surface area (Å²) in [6.45, 7) is 9.66. The molecule has 1 N–H and O–H groups in total. The molecule has 0 radical (unpaired) electrons. The van der Waals surface area contributed by atoms with E-state index in [1.165, 1.54) is 4.80 Å². The van der Waals surface area contributed by atoms with Gasteiger partial charge in [-0.25, -0.2) is 4.79 Å². The van der Waals surface area contributed by atoms with Crippen molar-refractivity contribution in [3.8, 4) is 11.4 Å². The maximum atomic E-state index is 11.4. The third kappa shape index (κ3) is 5.21. The van der Waals surface area contributed by atoms with Crippen LogP contribution >= 0.6 is 11.8 Å². The number of fused-ring (bicyclic) bond motifs is 1. The summed E-state index contributed by atoms with van der Waals surface area (Å²) in [6.07, 6.45) is 2.92. The lowest BCUT2D eigenvalue weighted by Gasteiger charge is -2.10. The molecule has 0 saturated heterocycles. The van der Waals surface area contributed by atoms with Crippen LogP contribution in [-0.2, 0) is 16.0 Å². The molecule has 0 atom stereocenters. The van der Waals surface area contributed by atoms with Gasteiger partial charge in [0.05, 0.1) is 0 Å². The highest BCUT2D eigenvalue weighted by atomic mass is 32.2. The largest absolute Gasteiger partial charge is 0.505 e. The van der Waals surface area contributed by atoms with Gasteiger partial charge in [-0.2, -0.15) is 0 Å². The number of aromatic nitrogens is 3. The number of rotatable bonds is 9. The van der Waals surface area contributed by atoms with Crippen LogP contribution in [0.4, 0.5) is 0 Å². The smallest absolute Gasteiger partial charge is 0.333 e. The van der Waals surface area contributed by atoms with Gasteiger partial charge in [-0.15, -0.1) is 26.8 Å². The van der Waals surface area contributed by atoms with E-state index in [-0.39, 0.29) is 11.7 Å². The molecule has 0 spiro atoms. The van der Waals surface area contributed by atoms with Gasteiger partial charge in [0, 0.05) is 16.2 Å². The van der Waals surface area contributed by atoms with Crippen molar-refractivity contribution in [3.05, 3.63) is 53.6 Å². The van der Waals surface area contributed by atoms with Crippen molar-refractivity contribution in [3.63, 3.8) is 0 Å². The van der Waals surface area contributed by atoms with Gasteiger partial charge in [-0.05, 0) is 62.1 Å². The number of thioether (sulfide) groups is 1. The second kappa shape index (κ2) is 9.80. The Morgan fingerprint density at radius 2 is 2.00 bits per heavy atom. The van der Waals surface area contributed by atoms with Gasteiger partial charge in [0.2, 0.25) is 0 Å². The Bertz CT molecular complexity index is 1070. The Labute approximate surface area is 180 Å². The lowest BCUT2D eigenvalue weighted by atomic mass is 10.0. The summed E-state index contributed by atoms with van der Waals surface area (Å²) in [5, 5.41) is 19.9. The minimum absolute atomic E-state index is 0.239. The fraction of sp³-hybridized carbons (Fsp3) is 0.348. The fourth-order valence-corrected chi connectivity index (χ4v) is 3.81. The number of phenols is 1. The van der Waals surface area contributed by atoms with Gasteiger partial charge < -0.3 is 9.84 Å². The Kier molecular flexibility index (Phi) is 7.15. The maximum absolute atomic E-state index is 11.4. The average Bonchev–Trinajstić information content (AvgIpc) is 3.14. The molecule has 1 heterocycles. The molecule has 3 rings (SSSR count). The van der Waals surface area contributed by atoms with E-state index in [2.05, 4.69) is 23.7 Å². The first kappa shape index (κ1) is 21.9. The number of phenolic OH excluding ortho intramolecular Hbond substituents is 1. The summed E-state index contributed by atoms with van der Waals surface area (Å²) in [5.74, 6) is 0.506. The molecule has 3 aromatic rings. The number of carbonyl (C=O) groups is 1. The number of hydrogen-bond acceptors (Lipinski definition) is 6. The Hall–Kier alpha value is -2.80. The Morgan fingerprint density at radius 1 is 1.23 bits per heavy atom. The van der Waals surface area contributed by atoms with Gasteiger partial charge in [-0.3, -0.25) is 0 Å². The van der Waals surface area contributed by atoms with Crippen molar-refractivity contribution >= 4 is 28.8 Å². The number of carbonyl (C=O) groups excluding carboxylic acids is 1. The van der Waals surface area contributed by atoms with E-state index < -0.39 is 0 Å². The highest BCUT2D eigenvalue weighted by Crippen LogP contribution is 2.30. The fourth-order valence-electron chi connectivity index (χ4n) is 3.05. The molecule has 0 bridgehead atoms. The van der Waals surface area contributed by atoms with E-state index in [9.17, 15) is 9.90 Å². The van der Waals surface area contributed by atoms with Crippen molar-refractivity contribution < 1.29 is 14.6 Å². The van der Waals surface area contributed by atoms with Crippen LogP contribution in [-0.4, -0.2) is 38.4 Å². The number of ether oxygens (including phenoxy) is 1. The SMILES string of the molecule is C=C(C)C(=O)OCCSc1ccc2nn(-c3cc(C)cc(CCCC)c3O)nc2c1. The van der Waals surface area contributed by atoms with Crippen LogP contribution in [0.3, 0.4) is 0 Å². The van der Waals surface area contributed by atoms with Crippen LogP contribution in [0.25, 0.3) is 16.7 Å². The van der Waals surface area contributed by atoms with Gasteiger partial charge in [0.1, 0.15) is 29.1 Å². The Morgan fingerprint density at radius 3 is 2.73 bits per heavy atom. The summed E-state index contributed by atoms with van der Waals surface area (Å²) in [4.78, 5) is 13.9. The second-order valence-corrected chi connectivity index (χ2v) is 8.47. The first-order valence-corrected chi connectivity index (χ1v) is 11.0. The summed E-state index contributed by atoms with van der Waals surface area (Å²) in [7, 11) is 0. The van der Waals surface area contributed by atoms with Crippen molar-refractivity contribution in [1.82, 2.24) is 15.0 Å². The first-order valence-electron chi connectivity index (χ1n) is 10.0. The van der Waals surface area contributed by atoms with Gasteiger partial charge in [0.15, 0.2) is 0 Å². The maximum Gasteiger partial charge on any atom is 0.333 e. The van der Waals surface area contributed by atoms with Crippen molar-refractivity contribution in [2.75, 3.05) is 12.4 Å². The monoisotopic (exact) mass is 425 g/mol. The molecule has 2 aromatic carbocycles. The minimum Gasteiger partial charge on any atom is -0.505 e. The third-order valence-corrected chi connectivity index (χ3v) is 5.57. The molecule has 0 aliphatic carbocycles. The van der Waals surface area contributed by atoms with Crippen LogP contribution in [0, 0.1) is 6.92 Å². The van der Waals surface area contributed by atoms with E-state index in [0.29, 0.717) is 23.6 Å². The highest BCUT2D eigenvalue weighted by Gasteiger charge is 2.14. The van der Waals surface area contributed by atoms with E-state index in [4.69, 9.17) is 4.74 Å². The molecule has 7 heteroatoms. The number of esters is 1. The van der Waals surface area contributed by atoms with Crippen LogP contribution in [0.5, 0.6) is 5.75 Å². The van der Waals surface area contributed by atoms with Crippen LogP contribution in [0.15, 0.2) is 47.4 Å². The quantitative estimate of drug-likeness (QED) is 0.225. The molecule has 0 amide bonds. The molecule has 0 fully saturated rings. The molecular weight excluding hydrogens is 398 g/mol. The second-order valence-electron chi connectivity index (χ2n) is 7.30. The summed E-state index contributed by atoms with van der Waals surface area (Å²) < 4.78 is 5.12. The van der Waals surface area contributed by atoms with Crippen LogP contribution in [0.2, 0.25) is 0 Å². The molecule has 0 unspecified atom stereocenters. The van der Waals surface area contributed by atoms with Crippen LogP contribution < -0.4 is 0 Å². The Balaban J connectivity index is 1.77. The van der Waals surface area contributed by atoms with E-state index in [1.54, 1.807) is 18.7 Å². The van der Waals surface area contributed by atoms with Crippen molar-refractivity contribution in [2.24, 2.45) is 0 Å². The zero-order valence-electron chi connectivity index (χ0n) is 17.6. The van der Waals surface area contributed by atoms with E-state index in [0.717, 1.165) is 46.3 Å². The summed E-state index contributed by atoms with van der Waals surface area (Å²) in [5.41, 5.74) is 4.48. The number of benzene rings is 2. The molecule has 0 saturated carbocycles. The molecule has 1 aromatic heterocycles. The molecule has 0 aliphatic heterocycles. The summed E-state index contributed by atoms with van der Waals surface area (Å²) >= 11 is 1.58. The molecule has 6 nitrogen and oxygen atoms in total. The molecule has 158 valence electrons. The topological polar surface area (TPSA) is 77.2 Å². The number of hydrogen-bond donors (Lipinski definition) is 1. The number of aryl methyl sites for hydroxylation is 2. The lowest BCUT2D eigenvalue weighted by Crippen LogP contribution is -2.07. The lowest BCUT2D eigenvalue weighted by molar-refractivity contribution is -0.138. The molecule has 0 aliphatic rings. The molecular formula is C23H27N3O3S. The van der Waals surface area contributed by atoms with Crippen LogP contribution in [0.1, 0.15) is 37.8 Å². The molecule has 30 heavy (non-hydrogen) atoms. The number of aromatic hydroxyl groups is 1. The zero-order chi connectivity index (χ0) is 21.7. The van der Waals surface area contributed by atoms with E-state index in [1.807, 2.05) is 37.3 Å². The number of unbranched alkanes of at least 4 members (excludes halogenated alkanes) is 1. The van der Waals surface area contributed by atoms with Gasteiger partial charge in [-0.1, -0.05) is 26.0 Å². The number of nitrogens with zero attached hydrogens (tertiary/aromatic N) is 3. The third-order valence-electron chi connectivity index (χ3n) is 4.61. The minimum atomic E-state index is -0.370. The van der Waals surface area contributed by atoms with Gasteiger partial charge in [0.25, 0.3) is 0 Å². The summed E-state index contributed by atoms with van der Waals surface area (Å²) in [6, 6.07) is 9.75. The first-order chi connectivity index (χ1) is 14.4. The standard InChI is InChI=1S/C23H27N3O3S/c1-5-6-7-17-12-16(4)13-21(22(17)27)26-24-19-9-8-18(14-20(19)25-26)30-11-10-29-23(28)15(2)3/h8-9,12-14,27H,2,5-7,10-11H2,1,3-4H3. The highest BCUT2D eigenvalue weighted by molar-refractivity contribution is 7.99. The van der Waals surface area contributed by atoms with Gasteiger partial charge >= 0.3 is 5.97 Å². The zero-order valence-corrected chi connectivity index (χ0v) is 18.5. The van der Waals surface area contributed by atoms with E-state index >= 15 is 0 Å². The average molecular weight is 426 g/mol. The predicted octanol–water partition coefficient (Wildman–Crippen LogP) is 4.99. The van der Waals surface area contributed by atoms with Crippen molar-refractivity contribution in [1.29, 1.82) is 0 Å².